The van der Waals surface area contributed by atoms with Crippen LogP contribution >= 0.6 is 22.9 Å². The summed E-state index contributed by atoms with van der Waals surface area (Å²) >= 11 is 7.03. The van der Waals surface area contributed by atoms with Crippen molar-refractivity contribution in [2.24, 2.45) is 5.92 Å². The Hall–Kier alpha value is -0.100. The van der Waals surface area contributed by atoms with Gasteiger partial charge in [0.15, 0.2) is 0 Å². The molecule has 1 aromatic rings. The van der Waals surface area contributed by atoms with Crippen LogP contribution in [0.1, 0.15) is 31.2 Å². The molecule has 0 aliphatic heterocycles. The van der Waals surface area contributed by atoms with Crippen LogP contribution in [0.2, 0.25) is 0 Å². The lowest BCUT2D eigenvalue weighted by atomic mass is 10.4. The molecule has 18 heavy (non-hydrogen) atoms. The number of alkyl halides is 1. The van der Waals surface area contributed by atoms with Crippen LogP contribution in [0.25, 0.3) is 0 Å². The second kappa shape index (κ2) is 4.78. The monoisotopic (exact) mass is 305 g/mol. The first-order chi connectivity index (χ1) is 8.61. The van der Waals surface area contributed by atoms with Crippen LogP contribution in [0.5, 0.6) is 0 Å². The highest BCUT2D eigenvalue weighted by Crippen LogP contribution is 2.39. The van der Waals surface area contributed by atoms with Crippen molar-refractivity contribution in [1.82, 2.24) is 4.31 Å². The third-order valence-electron chi connectivity index (χ3n) is 3.44. The first kappa shape index (κ1) is 12.9. The van der Waals surface area contributed by atoms with Gasteiger partial charge >= 0.3 is 0 Å². The van der Waals surface area contributed by atoms with Gasteiger partial charge in [0.25, 0.3) is 10.0 Å². The molecule has 2 saturated carbocycles. The van der Waals surface area contributed by atoms with Gasteiger partial charge in [0.05, 0.1) is 0 Å². The van der Waals surface area contributed by atoms with E-state index in [1.165, 1.54) is 24.2 Å². The van der Waals surface area contributed by atoms with Crippen molar-refractivity contribution in [3.8, 4) is 0 Å². The summed E-state index contributed by atoms with van der Waals surface area (Å²) < 4.78 is 27.4. The molecule has 0 spiro atoms. The smallest absolute Gasteiger partial charge is 0.206 e. The highest BCUT2D eigenvalue weighted by molar-refractivity contribution is 7.91. The standard InChI is InChI=1S/C12H16ClNO2S2/c13-6-10-5-12(17-8-10)18(15,16)14(11-3-4-11)7-9-1-2-9/h5,8-9,11H,1-4,6-7H2. The van der Waals surface area contributed by atoms with E-state index in [4.69, 9.17) is 11.6 Å². The van der Waals surface area contributed by atoms with Crippen LogP contribution in [0.15, 0.2) is 15.7 Å². The second-order valence-corrected chi connectivity index (χ2v) is 8.45. The van der Waals surface area contributed by atoms with Crippen LogP contribution in [0.3, 0.4) is 0 Å². The van der Waals surface area contributed by atoms with Gasteiger partial charge in [0.1, 0.15) is 4.21 Å². The first-order valence-electron chi connectivity index (χ1n) is 6.26. The van der Waals surface area contributed by atoms with Crippen LogP contribution in [-0.4, -0.2) is 25.3 Å². The summed E-state index contributed by atoms with van der Waals surface area (Å²) in [5.41, 5.74) is 0.891. The SMILES string of the molecule is O=S(=O)(c1cc(CCl)cs1)N(CC1CC1)C1CC1. The van der Waals surface area contributed by atoms with E-state index in [9.17, 15) is 8.42 Å². The highest BCUT2D eigenvalue weighted by atomic mass is 35.5. The van der Waals surface area contributed by atoms with Gasteiger partial charge in [-0.3, -0.25) is 0 Å². The Labute approximate surface area is 117 Å². The Kier molecular flexibility index (Phi) is 3.43. The van der Waals surface area contributed by atoms with E-state index in [-0.39, 0.29) is 6.04 Å². The fourth-order valence-corrected chi connectivity index (χ4v) is 5.38. The summed E-state index contributed by atoms with van der Waals surface area (Å²) in [6.07, 6.45) is 4.38. The number of hydrogen-bond donors (Lipinski definition) is 0. The summed E-state index contributed by atoms with van der Waals surface area (Å²) in [6.45, 7) is 0.709. The molecule has 2 fully saturated rings. The summed E-state index contributed by atoms with van der Waals surface area (Å²) in [5.74, 6) is 0.964. The largest absolute Gasteiger partial charge is 0.252 e. The molecular weight excluding hydrogens is 290 g/mol. The number of sulfonamides is 1. The van der Waals surface area contributed by atoms with E-state index < -0.39 is 10.0 Å². The lowest BCUT2D eigenvalue weighted by Crippen LogP contribution is -2.34. The number of thiophene rings is 1. The minimum absolute atomic E-state index is 0.247. The minimum atomic E-state index is -3.29. The van der Waals surface area contributed by atoms with Crippen molar-refractivity contribution < 1.29 is 8.42 Å². The maximum absolute atomic E-state index is 12.6. The molecule has 0 unspecified atom stereocenters. The van der Waals surface area contributed by atoms with Crippen LogP contribution in [0.4, 0.5) is 0 Å². The molecule has 1 aromatic heterocycles. The van der Waals surface area contributed by atoms with E-state index >= 15 is 0 Å². The highest BCUT2D eigenvalue weighted by Gasteiger charge is 2.41. The first-order valence-corrected chi connectivity index (χ1v) is 9.12. The van der Waals surface area contributed by atoms with Gasteiger partial charge in [0.2, 0.25) is 0 Å². The molecule has 0 radical (unpaired) electrons. The van der Waals surface area contributed by atoms with Gasteiger partial charge < -0.3 is 0 Å². The third kappa shape index (κ3) is 2.59. The lowest BCUT2D eigenvalue weighted by Gasteiger charge is -2.20. The zero-order valence-corrected chi connectivity index (χ0v) is 12.4. The van der Waals surface area contributed by atoms with Gasteiger partial charge in [0, 0.05) is 18.5 Å². The molecule has 1 heterocycles. The van der Waals surface area contributed by atoms with Crippen LogP contribution in [-0.2, 0) is 15.9 Å². The van der Waals surface area contributed by atoms with E-state index in [0.717, 1.165) is 18.4 Å². The Balaban J connectivity index is 1.85. The van der Waals surface area contributed by atoms with Crippen LogP contribution in [0, 0.1) is 5.92 Å². The van der Waals surface area contributed by atoms with Crippen molar-refractivity contribution in [2.45, 2.75) is 41.8 Å². The maximum Gasteiger partial charge on any atom is 0.252 e. The van der Waals surface area contributed by atoms with Gasteiger partial charge in [-0.15, -0.1) is 22.9 Å². The van der Waals surface area contributed by atoms with Crippen molar-refractivity contribution >= 4 is 33.0 Å². The zero-order chi connectivity index (χ0) is 12.8. The molecule has 0 atom stereocenters. The van der Waals surface area contributed by atoms with E-state index in [0.29, 0.717) is 22.6 Å². The van der Waals surface area contributed by atoms with Crippen LogP contribution < -0.4 is 0 Å². The second-order valence-electron chi connectivity index (χ2n) is 5.16. The molecule has 3 nitrogen and oxygen atoms in total. The summed E-state index contributed by atoms with van der Waals surface area (Å²) in [7, 11) is -3.29. The number of rotatable bonds is 6. The van der Waals surface area contributed by atoms with E-state index in [1.54, 1.807) is 10.4 Å². The molecule has 0 saturated heterocycles. The zero-order valence-electron chi connectivity index (χ0n) is 10.0. The predicted molar refractivity (Wildman–Crippen MR) is 73.5 cm³/mol. The third-order valence-corrected chi connectivity index (χ3v) is 7.13. The van der Waals surface area contributed by atoms with E-state index in [1.807, 2.05) is 5.38 Å². The molecule has 6 heteroatoms. The van der Waals surface area contributed by atoms with Crippen molar-refractivity contribution in [1.29, 1.82) is 0 Å². The normalized spacial score (nSPS) is 20.6. The molecule has 0 bridgehead atoms. The molecule has 2 aliphatic carbocycles. The molecule has 0 amide bonds. The average Bonchev–Trinajstić information content (AvgIpc) is 3.24. The molecule has 0 N–H and O–H groups in total. The average molecular weight is 306 g/mol. The quantitative estimate of drug-likeness (QED) is 0.758. The fraction of sp³-hybridized carbons (Fsp3) is 0.667. The molecule has 3 rings (SSSR count). The Morgan fingerprint density at radius 3 is 2.56 bits per heavy atom. The molecule has 0 aromatic carbocycles. The topological polar surface area (TPSA) is 37.4 Å². The van der Waals surface area contributed by atoms with Crippen molar-refractivity contribution in [3.05, 3.63) is 17.0 Å². The summed E-state index contributed by atoms with van der Waals surface area (Å²) in [4.78, 5) is 0. The molecule has 2 aliphatic rings. The Morgan fingerprint density at radius 2 is 2.06 bits per heavy atom. The number of halogens is 1. The Bertz CT molecular complexity index is 532. The fourth-order valence-electron chi connectivity index (χ4n) is 2.03. The predicted octanol–water partition coefficient (Wildman–Crippen LogP) is 3.05. The summed E-state index contributed by atoms with van der Waals surface area (Å²) in [5, 5.41) is 1.84. The summed E-state index contributed by atoms with van der Waals surface area (Å²) in [6, 6.07) is 1.96. The minimum Gasteiger partial charge on any atom is -0.206 e. The number of hydrogen-bond acceptors (Lipinski definition) is 3. The van der Waals surface area contributed by atoms with Gasteiger partial charge in [-0.25, -0.2) is 8.42 Å². The maximum atomic E-state index is 12.6. The number of nitrogens with zero attached hydrogens (tertiary/aromatic N) is 1. The van der Waals surface area contributed by atoms with E-state index in [2.05, 4.69) is 0 Å². The van der Waals surface area contributed by atoms with Crippen molar-refractivity contribution in [3.63, 3.8) is 0 Å². The molecule has 100 valence electrons. The molecular formula is C12H16ClNO2S2. The Morgan fingerprint density at radius 1 is 1.33 bits per heavy atom. The van der Waals surface area contributed by atoms with Gasteiger partial charge in [-0.1, -0.05) is 0 Å². The lowest BCUT2D eigenvalue weighted by molar-refractivity contribution is 0.390. The van der Waals surface area contributed by atoms with Gasteiger partial charge in [-0.05, 0) is 48.6 Å². The van der Waals surface area contributed by atoms with Crippen molar-refractivity contribution in [2.75, 3.05) is 6.54 Å². The van der Waals surface area contributed by atoms with Gasteiger partial charge in [-0.2, -0.15) is 4.31 Å².